The zero-order valence-corrected chi connectivity index (χ0v) is 13.2. The topological polar surface area (TPSA) is 47.6 Å². The molecule has 1 amide bonds. The molecule has 0 saturated carbocycles. The van der Waals surface area contributed by atoms with Crippen molar-refractivity contribution in [3.05, 3.63) is 0 Å². The van der Waals surface area contributed by atoms with Gasteiger partial charge in [0.25, 0.3) is 0 Å². The first-order chi connectivity index (χ1) is 9.56. The summed E-state index contributed by atoms with van der Waals surface area (Å²) in [5.74, 6) is 0.802. The number of nitrogens with one attached hydrogen (secondary N) is 2. The van der Waals surface area contributed by atoms with Crippen LogP contribution in [0, 0.1) is 5.92 Å². The second-order valence-corrected chi connectivity index (χ2v) is 6.59. The first-order valence-corrected chi connectivity index (χ1v) is 7.95. The van der Waals surface area contributed by atoms with E-state index in [1.807, 2.05) is 0 Å². The second-order valence-electron chi connectivity index (χ2n) is 6.59. The predicted molar refractivity (Wildman–Crippen MR) is 81.7 cm³/mol. The van der Waals surface area contributed by atoms with Crippen LogP contribution in [0.25, 0.3) is 0 Å². The average molecular weight is 282 g/mol. The van der Waals surface area contributed by atoms with Crippen LogP contribution >= 0.6 is 0 Å². The minimum atomic E-state index is 0.192. The summed E-state index contributed by atoms with van der Waals surface area (Å²) in [5, 5.41) is 6.60. The fourth-order valence-corrected chi connectivity index (χ4v) is 3.21. The molecule has 2 heterocycles. The molecule has 0 radical (unpaired) electrons. The van der Waals surface area contributed by atoms with Crippen LogP contribution in [-0.2, 0) is 4.79 Å². The fourth-order valence-electron chi connectivity index (χ4n) is 3.21. The molecule has 2 aliphatic rings. The first-order valence-electron chi connectivity index (χ1n) is 7.95. The van der Waals surface area contributed by atoms with E-state index in [0.717, 1.165) is 32.7 Å². The molecular formula is C15H30N4O. The number of hydrogen-bond acceptors (Lipinski definition) is 4. The van der Waals surface area contributed by atoms with E-state index in [-0.39, 0.29) is 5.91 Å². The zero-order chi connectivity index (χ0) is 14.5. The Morgan fingerprint density at radius 1 is 1.35 bits per heavy atom. The Bertz CT molecular complexity index is 323. The monoisotopic (exact) mass is 282 g/mol. The Kier molecular flexibility index (Phi) is 5.81. The summed E-state index contributed by atoms with van der Waals surface area (Å²) >= 11 is 0. The maximum atomic E-state index is 12.1. The highest BCUT2D eigenvalue weighted by Gasteiger charge is 2.25. The van der Waals surface area contributed by atoms with E-state index in [1.54, 1.807) is 0 Å². The molecule has 116 valence electrons. The summed E-state index contributed by atoms with van der Waals surface area (Å²) in [6.07, 6.45) is 3.09. The Balaban J connectivity index is 1.71. The maximum absolute atomic E-state index is 12.1. The molecule has 0 aromatic heterocycles. The normalized spacial score (nSPS) is 33.0. The molecule has 2 rings (SSSR count). The van der Waals surface area contributed by atoms with E-state index >= 15 is 0 Å². The number of piperidine rings is 1. The van der Waals surface area contributed by atoms with Crippen LogP contribution in [0.15, 0.2) is 0 Å². The van der Waals surface area contributed by atoms with E-state index in [4.69, 9.17) is 0 Å². The largest absolute Gasteiger partial charge is 0.354 e. The van der Waals surface area contributed by atoms with Gasteiger partial charge in [0, 0.05) is 44.7 Å². The van der Waals surface area contributed by atoms with Crippen molar-refractivity contribution in [3.8, 4) is 0 Å². The third kappa shape index (κ3) is 4.43. The summed E-state index contributed by atoms with van der Waals surface area (Å²) < 4.78 is 0. The first kappa shape index (κ1) is 15.7. The van der Waals surface area contributed by atoms with Gasteiger partial charge in [-0.1, -0.05) is 6.92 Å². The van der Waals surface area contributed by atoms with Crippen molar-refractivity contribution in [2.24, 2.45) is 5.92 Å². The molecule has 2 N–H and O–H groups in total. The molecular weight excluding hydrogens is 252 g/mol. The number of piperazine rings is 1. The number of carbonyl (C=O) groups is 1. The third-order valence-electron chi connectivity index (χ3n) is 4.85. The molecule has 0 bridgehead atoms. The highest BCUT2D eigenvalue weighted by Crippen LogP contribution is 2.17. The molecule has 20 heavy (non-hydrogen) atoms. The predicted octanol–water partition coefficient (Wildman–Crippen LogP) is 0.127. The quantitative estimate of drug-likeness (QED) is 0.769. The molecule has 5 heteroatoms. The van der Waals surface area contributed by atoms with E-state index in [1.165, 1.54) is 12.8 Å². The zero-order valence-electron chi connectivity index (χ0n) is 13.2. The van der Waals surface area contributed by atoms with Gasteiger partial charge in [-0.25, -0.2) is 0 Å². The number of amides is 1. The highest BCUT2D eigenvalue weighted by molar-refractivity contribution is 5.76. The van der Waals surface area contributed by atoms with Crippen molar-refractivity contribution in [1.29, 1.82) is 0 Å². The lowest BCUT2D eigenvalue weighted by molar-refractivity contribution is -0.122. The van der Waals surface area contributed by atoms with E-state index in [9.17, 15) is 4.79 Å². The molecule has 2 fully saturated rings. The molecule has 3 atom stereocenters. The van der Waals surface area contributed by atoms with Gasteiger partial charge in [-0.05, 0) is 39.4 Å². The Morgan fingerprint density at radius 2 is 2.15 bits per heavy atom. The molecule has 0 aliphatic carbocycles. The van der Waals surface area contributed by atoms with Crippen LogP contribution in [0.5, 0.6) is 0 Å². The van der Waals surface area contributed by atoms with Crippen molar-refractivity contribution in [2.45, 2.75) is 38.3 Å². The molecule has 5 nitrogen and oxygen atoms in total. The van der Waals surface area contributed by atoms with Gasteiger partial charge in [-0.2, -0.15) is 0 Å². The van der Waals surface area contributed by atoms with Crippen LogP contribution in [0.4, 0.5) is 0 Å². The van der Waals surface area contributed by atoms with Gasteiger partial charge < -0.3 is 15.5 Å². The highest BCUT2D eigenvalue weighted by atomic mass is 16.1. The van der Waals surface area contributed by atoms with Crippen LogP contribution in [0.2, 0.25) is 0 Å². The lowest BCUT2D eigenvalue weighted by Crippen LogP contribution is -2.54. The van der Waals surface area contributed by atoms with Crippen molar-refractivity contribution in [1.82, 2.24) is 20.4 Å². The summed E-state index contributed by atoms with van der Waals surface area (Å²) in [4.78, 5) is 16.8. The minimum Gasteiger partial charge on any atom is -0.354 e. The SMILES string of the molecule is CC1CCCNC1CC(=O)NCC1CN(C)CCN1C. The lowest BCUT2D eigenvalue weighted by atomic mass is 9.90. The van der Waals surface area contributed by atoms with Gasteiger partial charge in [-0.3, -0.25) is 9.69 Å². The van der Waals surface area contributed by atoms with Gasteiger partial charge in [0.1, 0.15) is 0 Å². The standard InChI is InChI=1S/C15H30N4O/c1-12-5-4-6-16-14(12)9-15(20)17-10-13-11-18(2)7-8-19(13)3/h12-14,16H,4-11H2,1-3H3,(H,17,20). The van der Waals surface area contributed by atoms with Crippen LogP contribution in [0.1, 0.15) is 26.2 Å². The second kappa shape index (κ2) is 7.38. The van der Waals surface area contributed by atoms with Crippen molar-refractivity contribution < 1.29 is 4.79 Å². The number of likely N-dealkylation sites (N-methyl/N-ethyl adjacent to an activating group) is 2. The average Bonchev–Trinajstić information content (AvgIpc) is 2.42. The Morgan fingerprint density at radius 3 is 2.90 bits per heavy atom. The molecule has 0 spiro atoms. The number of hydrogen-bond donors (Lipinski definition) is 2. The maximum Gasteiger partial charge on any atom is 0.221 e. The van der Waals surface area contributed by atoms with Gasteiger partial charge >= 0.3 is 0 Å². The van der Waals surface area contributed by atoms with Crippen molar-refractivity contribution >= 4 is 5.91 Å². The molecule has 2 saturated heterocycles. The molecule has 0 aromatic rings. The lowest BCUT2D eigenvalue weighted by Gasteiger charge is -2.38. The smallest absolute Gasteiger partial charge is 0.221 e. The Hall–Kier alpha value is -0.650. The van der Waals surface area contributed by atoms with Gasteiger partial charge in [0.15, 0.2) is 0 Å². The molecule has 3 unspecified atom stereocenters. The summed E-state index contributed by atoms with van der Waals surface area (Å²) in [5.41, 5.74) is 0. The summed E-state index contributed by atoms with van der Waals surface area (Å²) in [7, 11) is 4.30. The van der Waals surface area contributed by atoms with E-state index in [2.05, 4.69) is 41.5 Å². The number of nitrogens with zero attached hydrogens (tertiary/aromatic N) is 2. The van der Waals surface area contributed by atoms with Gasteiger partial charge in [-0.15, -0.1) is 0 Å². The summed E-state index contributed by atoms with van der Waals surface area (Å²) in [6.45, 7) is 7.30. The number of rotatable bonds is 4. The van der Waals surface area contributed by atoms with E-state index in [0.29, 0.717) is 24.4 Å². The summed E-state index contributed by atoms with van der Waals surface area (Å²) in [6, 6.07) is 0.796. The molecule has 0 aromatic carbocycles. The van der Waals surface area contributed by atoms with Gasteiger partial charge in [0.05, 0.1) is 0 Å². The van der Waals surface area contributed by atoms with Crippen LogP contribution in [0.3, 0.4) is 0 Å². The van der Waals surface area contributed by atoms with Crippen LogP contribution in [-0.4, -0.2) is 74.6 Å². The minimum absolute atomic E-state index is 0.192. The third-order valence-corrected chi connectivity index (χ3v) is 4.85. The van der Waals surface area contributed by atoms with Crippen molar-refractivity contribution in [3.63, 3.8) is 0 Å². The van der Waals surface area contributed by atoms with E-state index < -0.39 is 0 Å². The molecule has 2 aliphatic heterocycles. The fraction of sp³-hybridized carbons (Fsp3) is 0.933. The Labute approximate surface area is 123 Å². The van der Waals surface area contributed by atoms with Gasteiger partial charge in [0.2, 0.25) is 5.91 Å². The number of carbonyl (C=O) groups excluding carboxylic acids is 1. The van der Waals surface area contributed by atoms with Crippen molar-refractivity contribution in [2.75, 3.05) is 46.8 Å². The van der Waals surface area contributed by atoms with Crippen LogP contribution < -0.4 is 10.6 Å².